The average molecular weight is 248 g/mol. The monoisotopic (exact) mass is 248 g/mol. The van der Waals surface area contributed by atoms with Crippen LogP contribution in [0.25, 0.3) is 0 Å². The van der Waals surface area contributed by atoms with Gasteiger partial charge in [0.2, 0.25) is 0 Å². The third kappa shape index (κ3) is 2.89. The number of carboxylic acids is 1. The summed E-state index contributed by atoms with van der Waals surface area (Å²) in [6.07, 6.45) is 1.51. The first kappa shape index (κ1) is 13.1. The topological polar surface area (TPSA) is 66.6 Å². The van der Waals surface area contributed by atoms with E-state index in [1.807, 2.05) is 6.07 Å². The fourth-order valence-electron chi connectivity index (χ4n) is 2.24. The molecule has 1 aromatic rings. The first-order valence-electron chi connectivity index (χ1n) is 6.30. The van der Waals surface area contributed by atoms with Crippen LogP contribution in [0.3, 0.4) is 0 Å². The first-order chi connectivity index (χ1) is 8.49. The lowest BCUT2D eigenvalue weighted by Crippen LogP contribution is -2.47. The highest BCUT2D eigenvalue weighted by Crippen LogP contribution is 2.19. The summed E-state index contributed by atoms with van der Waals surface area (Å²) in [5.74, 6) is -0.931. The molecule has 4 heteroatoms. The van der Waals surface area contributed by atoms with Gasteiger partial charge >= 0.3 is 5.97 Å². The predicted molar refractivity (Wildman–Crippen MR) is 70.3 cm³/mol. The van der Waals surface area contributed by atoms with Crippen molar-refractivity contribution in [3.05, 3.63) is 35.4 Å². The maximum atomic E-state index is 10.9. The van der Waals surface area contributed by atoms with Crippen molar-refractivity contribution in [3.63, 3.8) is 0 Å². The fraction of sp³-hybridized carbons (Fsp3) is 0.500. The van der Waals surface area contributed by atoms with Gasteiger partial charge in [-0.2, -0.15) is 0 Å². The van der Waals surface area contributed by atoms with Gasteiger partial charge in [-0.1, -0.05) is 24.3 Å². The van der Waals surface area contributed by atoms with Gasteiger partial charge < -0.3 is 10.8 Å². The molecule has 0 saturated heterocycles. The van der Waals surface area contributed by atoms with Crippen LogP contribution in [0.4, 0.5) is 0 Å². The molecule has 0 bridgehead atoms. The minimum absolute atomic E-state index is 0.477. The molecule has 1 aliphatic heterocycles. The van der Waals surface area contributed by atoms with E-state index < -0.39 is 11.5 Å². The second-order valence-corrected chi connectivity index (χ2v) is 5.27. The van der Waals surface area contributed by atoms with Gasteiger partial charge in [-0.05, 0) is 30.9 Å². The highest BCUT2D eigenvalue weighted by atomic mass is 16.4. The Bertz CT molecular complexity index is 443. The van der Waals surface area contributed by atoms with E-state index >= 15 is 0 Å². The van der Waals surface area contributed by atoms with E-state index in [4.69, 9.17) is 10.8 Å². The Morgan fingerprint density at radius 2 is 2.11 bits per heavy atom. The molecular formula is C14H20N2O2. The van der Waals surface area contributed by atoms with E-state index in [0.29, 0.717) is 6.42 Å². The summed E-state index contributed by atoms with van der Waals surface area (Å²) in [4.78, 5) is 13.2. The van der Waals surface area contributed by atoms with Gasteiger partial charge in [0.25, 0.3) is 0 Å². The lowest BCUT2D eigenvalue weighted by Gasteiger charge is -2.30. The second-order valence-electron chi connectivity index (χ2n) is 5.27. The number of carbonyl (C=O) groups is 1. The summed E-state index contributed by atoms with van der Waals surface area (Å²) in [5.41, 5.74) is 7.37. The summed E-state index contributed by atoms with van der Waals surface area (Å²) in [7, 11) is 0. The van der Waals surface area contributed by atoms with Crippen LogP contribution in [-0.4, -0.2) is 34.6 Å². The van der Waals surface area contributed by atoms with Gasteiger partial charge in [-0.3, -0.25) is 9.69 Å². The molecule has 0 aliphatic carbocycles. The summed E-state index contributed by atoms with van der Waals surface area (Å²) in [6.45, 7) is 4.18. The number of hydrogen-bond donors (Lipinski definition) is 2. The Hall–Kier alpha value is -1.39. The molecule has 0 spiro atoms. The smallest absolute Gasteiger partial charge is 0.323 e. The molecule has 1 aliphatic rings. The van der Waals surface area contributed by atoms with Crippen LogP contribution < -0.4 is 5.73 Å². The summed E-state index contributed by atoms with van der Waals surface area (Å²) >= 11 is 0. The fourth-order valence-corrected chi connectivity index (χ4v) is 2.24. The molecule has 0 saturated carbocycles. The lowest BCUT2D eigenvalue weighted by atomic mass is 9.96. The molecule has 0 fully saturated rings. The molecule has 1 heterocycles. The zero-order chi connectivity index (χ0) is 13.2. The Labute approximate surface area is 107 Å². The number of aliphatic carboxylic acids is 1. The van der Waals surface area contributed by atoms with E-state index in [2.05, 4.69) is 23.1 Å². The van der Waals surface area contributed by atoms with E-state index in [0.717, 1.165) is 26.1 Å². The Kier molecular flexibility index (Phi) is 3.68. The predicted octanol–water partition coefficient (Wildman–Crippen LogP) is 1.24. The number of nitrogens with two attached hydrogens (primary N) is 1. The molecule has 0 aromatic heterocycles. The molecule has 1 atom stereocenters. The first-order valence-corrected chi connectivity index (χ1v) is 6.30. The SMILES string of the molecule is CC(N)(CCN1CCc2ccccc2C1)C(=O)O. The summed E-state index contributed by atoms with van der Waals surface area (Å²) in [6, 6.07) is 8.42. The van der Waals surface area contributed by atoms with Crippen molar-refractivity contribution in [2.75, 3.05) is 13.1 Å². The molecule has 4 nitrogen and oxygen atoms in total. The van der Waals surface area contributed by atoms with Crippen molar-refractivity contribution in [1.29, 1.82) is 0 Å². The largest absolute Gasteiger partial charge is 0.480 e. The zero-order valence-electron chi connectivity index (χ0n) is 10.7. The van der Waals surface area contributed by atoms with Crippen molar-refractivity contribution in [3.8, 4) is 0 Å². The summed E-state index contributed by atoms with van der Waals surface area (Å²) in [5, 5.41) is 8.98. The molecule has 18 heavy (non-hydrogen) atoms. The molecule has 0 radical (unpaired) electrons. The minimum Gasteiger partial charge on any atom is -0.480 e. The van der Waals surface area contributed by atoms with Gasteiger partial charge in [0.1, 0.15) is 5.54 Å². The maximum absolute atomic E-state index is 10.9. The standard InChI is InChI=1S/C14H20N2O2/c1-14(15,13(17)18)7-9-16-8-6-11-4-2-3-5-12(11)10-16/h2-5H,6-10,15H2,1H3,(H,17,18). The minimum atomic E-state index is -1.13. The van der Waals surface area contributed by atoms with Crippen LogP contribution in [0.5, 0.6) is 0 Å². The average Bonchev–Trinajstić information content (AvgIpc) is 2.36. The van der Waals surface area contributed by atoms with Crippen LogP contribution in [-0.2, 0) is 17.8 Å². The normalized spacial score (nSPS) is 19.0. The van der Waals surface area contributed by atoms with Crippen molar-refractivity contribution < 1.29 is 9.90 Å². The highest BCUT2D eigenvalue weighted by Gasteiger charge is 2.28. The molecule has 1 aromatic carbocycles. The lowest BCUT2D eigenvalue weighted by molar-refractivity contribution is -0.143. The summed E-state index contributed by atoms with van der Waals surface area (Å²) < 4.78 is 0. The van der Waals surface area contributed by atoms with E-state index in [-0.39, 0.29) is 0 Å². The van der Waals surface area contributed by atoms with Crippen LogP contribution in [0.15, 0.2) is 24.3 Å². The van der Waals surface area contributed by atoms with Gasteiger partial charge in [0.15, 0.2) is 0 Å². The van der Waals surface area contributed by atoms with Gasteiger partial charge in [-0.15, -0.1) is 0 Å². The van der Waals surface area contributed by atoms with Crippen molar-refractivity contribution in [1.82, 2.24) is 4.90 Å². The van der Waals surface area contributed by atoms with E-state index in [9.17, 15) is 4.79 Å². The quantitative estimate of drug-likeness (QED) is 0.841. The van der Waals surface area contributed by atoms with Gasteiger partial charge in [0.05, 0.1) is 0 Å². The number of rotatable bonds is 4. The molecule has 1 unspecified atom stereocenters. The Morgan fingerprint density at radius 3 is 2.78 bits per heavy atom. The zero-order valence-corrected chi connectivity index (χ0v) is 10.7. The highest BCUT2D eigenvalue weighted by molar-refractivity contribution is 5.77. The number of fused-ring (bicyclic) bond motifs is 1. The third-order valence-corrected chi connectivity index (χ3v) is 3.65. The number of nitrogens with zero attached hydrogens (tertiary/aromatic N) is 1. The van der Waals surface area contributed by atoms with Gasteiger partial charge in [-0.25, -0.2) is 0 Å². The van der Waals surface area contributed by atoms with E-state index in [1.54, 1.807) is 6.92 Å². The Morgan fingerprint density at radius 1 is 1.44 bits per heavy atom. The maximum Gasteiger partial charge on any atom is 0.323 e. The number of hydrogen-bond acceptors (Lipinski definition) is 3. The van der Waals surface area contributed by atoms with Crippen molar-refractivity contribution >= 4 is 5.97 Å². The van der Waals surface area contributed by atoms with Crippen LogP contribution in [0, 0.1) is 0 Å². The number of carboxylic acid groups (broad SMARTS) is 1. The van der Waals surface area contributed by atoms with E-state index in [1.165, 1.54) is 11.1 Å². The Balaban J connectivity index is 1.93. The number of benzene rings is 1. The van der Waals surface area contributed by atoms with Crippen molar-refractivity contribution in [2.24, 2.45) is 5.73 Å². The van der Waals surface area contributed by atoms with Crippen LogP contribution in [0.1, 0.15) is 24.5 Å². The van der Waals surface area contributed by atoms with Crippen molar-refractivity contribution in [2.45, 2.75) is 31.8 Å². The van der Waals surface area contributed by atoms with Crippen LogP contribution >= 0.6 is 0 Å². The van der Waals surface area contributed by atoms with Gasteiger partial charge in [0, 0.05) is 19.6 Å². The molecule has 98 valence electrons. The van der Waals surface area contributed by atoms with Crippen LogP contribution in [0.2, 0.25) is 0 Å². The molecule has 0 amide bonds. The third-order valence-electron chi connectivity index (χ3n) is 3.65. The molecule has 2 rings (SSSR count). The second kappa shape index (κ2) is 5.08. The molecule has 3 N–H and O–H groups in total. The molecular weight excluding hydrogens is 228 g/mol.